The lowest BCUT2D eigenvalue weighted by atomic mass is 9.98. The highest BCUT2D eigenvalue weighted by Gasteiger charge is 2.41. The van der Waals surface area contributed by atoms with Crippen molar-refractivity contribution in [2.24, 2.45) is 5.92 Å². The summed E-state index contributed by atoms with van der Waals surface area (Å²) >= 11 is 3.08. The van der Waals surface area contributed by atoms with E-state index in [0.717, 1.165) is 25.9 Å². The Labute approximate surface area is 198 Å². The molecule has 0 saturated carbocycles. The molecule has 0 amide bonds. The van der Waals surface area contributed by atoms with E-state index < -0.39 is 23.6 Å². The van der Waals surface area contributed by atoms with Crippen LogP contribution >= 0.6 is 15.9 Å². The van der Waals surface area contributed by atoms with Crippen molar-refractivity contribution in [3.8, 4) is 5.88 Å². The summed E-state index contributed by atoms with van der Waals surface area (Å²) in [5, 5.41) is 7.36. The van der Waals surface area contributed by atoms with Gasteiger partial charge in [-0.3, -0.25) is 4.68 Å². The van der Waals surface area contributed by atoms with E-state index >= 15 is 0 Å². The summed E-state index contributed by atoms with van der Waals surface area (Å²) in [6, 6.07) is 6.67. The summed E-state index contributed by atoms with van der Waals surface area (Å²) in [4.78, 5) is 12.2. The summed E-state index contributed by atoms with van der Waals surface area (Å²) in [6.07, 6.45) is -1.72. The van der Waals surface area contributed by atoms with Crippen LogP contribution in [0.3, 0.4) is 0 Å². The molecular weight excluding hydrogens is 507 g/mol. The molecule has 2 heterocycles. The zero-order chi connectivity index (χ0) is 24.0. The SMILES string of the molecule is CO/C=C(/C(=O)OC)c1ccccc1COc1nn(CC2CCNCC2)c(Br)c1C(F)(F)F. The third-order valence-corrected chi connectivity index (χ3v) is 6.15. The monoisotopic (exact) mass is 531 g/mol. The molecule has 0 aliphatic carbocycles. The number of methoxy groups -OCH3 is 2. The highest BCUT2D eigenvalue weighted by molar-refractivity contribution is 9.10. The lowest BCUT2D eigenvalue weighted by Gasteiger charge is -2.22. The number of halogens is 4. The first-order valence-corrected chi connectivity index (χ1v) is 11.1. The molecule has 1 aromatic carbocycles. The number of ether oxygens (including phenoxy) is 3. The predicted molar refractivity (Wildman–Crippen MR) is 118 cm³/mol. The van der Waals surface area contributed by atoms with E-state index in [1.807, 2.05) is 0 Å². The Morgan fingerprint density at radius 3 is 2.61 bits per heavy atom. The zero-order valence-corrected chi connectivity index (χ0v) is 19.8. The largest absolute Gasteiger partial charge is 0.503 e. The molecule has 1 saturated heterocycles. The van der Waals surface area contributed by atoms with E-state index in [1.54, 1.807) is 24.3 Å². The predicted octanol–water partition coefficient (Wildman–Crippen LogP) is 4.40. The Hall–Kier alpha value is -2.53. The molecule has 1 fully saturated rings. The number of benzene rings is 1. The topological polar surface area (TPSA) is 74.6 Å². The molecule has 33 heavy (non-hydrogen) atoms. The minimum absolute atomic E-state index is 0.118. The van der Waals surface area contributed by atoms with E-state index in [2.05, 4.69) is 26.3 Å². The van der Waals surface area contributed by atoms with E-state index in [9.17, 15) is 18.0 Å². The number of hydrogen-bond donors (Lipinski definition) is 1. The first-order valence-electron chi connectivity index (χ1n) is 10.3. The Balaban J connectivity index is 1.89. The molecule has 1 aromatic heterocycles. The smallest absolute Gasteiger partial charge is 0.424 e. The second-order valence-corrected chi connectivity index (χ2v) is 8.30. The van der Waals surface area contributed by atoms with Gasteiger partial charge in [-0.15, -0.1) is 5.10 Å². The number of nitrogens with zero attached hydrogens (tertiary/aromatic N) is 2. The molecule has 3 rings (SSSR count). The average Bonchev–Trinajstić information content (AvgIpc) is 3.11. The van der Waals surface area contributed by atoms with Crippen molar-refractivity contribution in [2.45, 2.75) is 32.2 Å². The van der Waals surface area contributed by atoms with E-state index in [1.165, 1.54) is 25.2 Å². The van der Waals surface area contributed by atoms with Crippen LogP contribution in [-0.4, -0.2) is 43.1 Å². The number of esters is 1. The van der Waals surface area contributed by atoms with Crippen molar-refractivity contribution in [1.29, 1.82) is 0 Å². The average molecular weight is 532 g/mol. The standard InChI is InChI=1S/C22H25BrF3N3O4/c1-31-13-17(21(30)32-2)16-6-4-3-5-15(16)12-33-20-18(22(24,25)26)19(23)29(28-20)11-14-7-9-27-10-8-14/h3-6,13-14,27H,7-12H2,1-2H3/b17-13+. The van der Waals surface area contributed by atoms with Crippen molar-refractivity contribution in [3.05, 3.63) is 51.8 Å². The maximum Gasteiger partial charge on any atom is 0.424 e. The van der Waals surface area contributed by atoms with Gasteiger partial charge in [0.2, 0.25) is 5.88 Å². The van der Waals surface area contributed by atoms with E-state index in [0.29, 0.717) is 17.7 Å². The molecule has 0 radical (unpaired) electrons. The lowest BCUT2D eigenvalue weighted by molar-refractivity contribution is -0.139. The second-order valence-electron chi connectivity index (χ2n) is 7.55. The van der Waals surface area contributed by atoms with Crippen LogP contribution in [0.25, 0.3) is 5.57 Å². The molecule has 180 valence electrons. The molecule has 0 unspecified atom stereocenters. The van der Waals surface area contributed by atoms with Crippen molar-refractivity contribution >= 4 is 27.5 Å². The molecule has 1 N–H and O–H groups in total. The molecule has 1 aliphatic rings. The Morgan fingerprint density at radius 2 is 1.97 bits per heavy atom. The maximum absolute atomic E-state index is 13.8. The van der Waals surface area contributed by atoms with Gasteiger partial charge in [0.1, 0.15) is 16.8 Å². The molecule has 1 aliphatic heterocycles. The minimum Gasteiger partial charge on any atom is -0.503 e. The maximum atomic E-state index is 13.8. The molecule has 11 heteroatoms. The van der Waals surface area contributed by atoms with Gasteiger partial charge in [-0.1, -0.05) is 24.3 Å². The highest BCUT2D eigenvalue weighted by atomic mass is 79.9. The lowest BCUT2D eigenvalue weighted by Crippen LogP contribution is -2.30. The minimum atomic E-state index is -4.66. The second kappa shape index (κ2) is 11.1. The summed E-state index contributed by atoms with van der Waals surface area (Å²) in [7, 11) is 2.61. The third kappa shape index (κ3) is 6.08. The van der Waals surface area contributed by atoms with Crippen molar-refractivity contribution < 1.29 is 32.2 Å². The van der Waals surface area contributed by atoms with Gasteiger partial charge in [-0.25, -0.2) is 4.79 Å². The quantitative estimate of drug-likeness (QED) is 0.309. The summed E-state index contributed by atoms with van der Waals surface area (Å²) in [6.45, 7) is 1.77. The normalized spacial score (nSPS) is 15.4. The van der Waals surface area contributed by atoms with Gasteiger partial charge < -0.3 is 19.5 Å². The van der Waals surface area contributed by atoms with Crippen LogP contribution in [0.15, 0.2) is 35.1 Å². The van der Waals surface area contributed by atoms with Gasteiger partial charge in [0.15, 0.2) is 5.56 Å². The van der Waals surface area contributed by atoms with Crippen molar-refractivity contribution in [1.82, 2.24) is 15.1 Å². The zero-order valence-electron chi connectivity index (χ0n) is 18.2. The molecule has 7 nitrogen and oxygen atoms in total. The Bertz CT molecular complexity index is 1000. The van der Waals surface area contributed by atoms with Gasteiger partial charge in [-0.2, -0.15) is 13.2 Å². The van der Waals surface area contributed by atoms with Crippen LogP contribution in [0, 0.1) is 5.92 Å². The van der Waals surface area contributed by atoms with Crippen LogP contribution < -0.4 is 10.1 Å². The van der Waals surface area contributed by atoms with E-state index in [-0.39, 0.29) is 22.7 Å². The molecule has 2 aromatic rings. The molecule has 0 spiro atoms. The van der Waals surface area contributed by atoms with Crippen LogP contribution in [0.5, 0.6) is 5.88 Å². The number of aromatic nitrogens is 2. The fourth-order valence-electron chi connectivity index (χ4n) is 3.69. The van der Waals surface area contributed by atoms with Gasteiger partial charge in [-0.05, 0) is 58.9 Å². The Kier molecular flexibility index (Phi) is 8.41. The van der Waals surface area contributed by atoms with Gasteiger partial charge >= 0.3 is 12.1 Å². The third-order valence-electron chi connectivity index (χ3n) is 5.34. The van der Waals surface area contributed by atoms with Crippen molar-refractivity contribution in [3.63, 3.8) is 0 Å². The fourth-order valence-corrected chi connectivity index (χ4v) is 4.31. The summed E-state index contributed by atoms with van der Waals surface area (Å²) < 4.78 is 58.0. The van der Waals surface area contributed by atoms with Crippen LogP contribution in [-0.2, 0) is 33.6 Å². The van der Waals surface area contributed by atoms with Gasteiger partial charge in [0.05, 0.1) is 20.5 Å². The van der Waals surface area contributed by atoms with Crippen LogP contribution in [0.4, 0.5) is 13.2 Å². The number of nitrogens with one attached hydrogen (secondary N) is 1. The number of alkyl halides is 3. The summed E-state index contributed by atoms with van der Waals surface area (Å²) in [5.74, 6) is -0.943. The molecule has 0 atom stereocenters. The first-order chi connectivity index (χ1) is 15.8. The number of rotatable bonds is 8. The first kappa shape index (κ1) is 25.1. The fraction of sp³-hybridized carbons (Fsp3) is 0.455. The molecular formula is C22H25BrF3N3O4. The van der Waals surface area contributed by atoms with Gasteiger partial charge in [0, 0.05) is 6.54 Å². The number of carbonyl (C=O) groups excluding carboxylic acids is 1. The van der Waals surface area contributed by atoms with Crippen molar-refractivity contribution in [2.75, 3.05) is 27.3 Å². The van der Waals surface area contributed by atoms with Crippen LogP contribution in [0.1, 0.15) is 29.5 Å². The highest BCUT2D eigenvalue weighted by Crippen LogP contribution is 2.41. The van der Waals surface area contributed by atoms with E-state index in [4.69, 9.17) is 14.2 Å². The van der Waals surface area contributed by atoms with Crippen LogP contribution in [0.2, 0.25) is 0 Å². The number of carbonyl (C=O) groups is 1. The Morgan fingerprint density at radius 1 is 1.27 bits per heavy atom. The van der Waals surface area contributed by atoms with Gasteiger partial charge in [0.25, 0.3) is 0 Å². The molecule has 0 bridgehead atoms. The summed E-state index contributed by atoms with van der Waals surface area (Å²) in [5.41, 5.74) is 0.0544. The number of hydrogen-bond acceptors (Lipinski definition) is 6. The number of piperidine rings is 1.